The van der Waals surface area contributed by atoms with Crippen LogP contribution in [0.1, 0.15) is 18.2 Å². The molecule has 1 atom stereocenters. The zero-order chi connectivity index (χ0) is 18.8. The van der Waals surface area contributed by atoms with Gasteiger partial charge in [0.25, 0.3) is 5.56 Å². The van der Waals surface area contributed by atoms with Gasteiger partial charge in [0.05, 0.1) is 24.7 Å². The van der Waals surface area contributed by atoms with Crippen LogP contribution in [0.3, 0.4) is 0 Å². The third-order valence-corrected chi connectivity index (χ3v) is 4.76. The molecule has 1 aliphatic heterocycles. The van der Waals surface area contributed by atoms with Crippen LogP contribution in [-0.4, -0.2) is 42.1 Å². The molecular weight excluding hydrogens is 344 g/mol. The Labute approximate surface area is 155 Å². The lowest BCUT2D eigenvalue weighted by atomic mass is 10.0. The molecule has 8 heteroatoms. The van der Waals surface area contributed by atoms with Gasteiger partial charge in [-0.05, 0) is 24.6 Å². The second kappa shape index (κ2) is 7.14. The largest absolute Gasteiger partial charge is 0.336 e. The van der Waals surface area contributed by atoms with Gasteiger partial charge < -0.3 is 9.88 Å². The minimum Gasteiger partial charge on any atom is -0.336 e. The van der Waals surface area contributed by atoms with E-state index in [1.165, 1.54) is 0 Å². The Balaban J connectivity index is 1.56. The fourth-order valence-electron chi connectivity index (χ4n) is 3.35. The number of carbonyl (C=O) groups is 1. The van der Waals surface area contributed by atoms with Gasteiger partial charge in [0, 0.05) is 42.5 Å². The number of H-pyrrole nitrogens is 1. The summed E-state index contributed by atoms with van der Waals surface area (Å²) in [7, 11) is 0. The molecule has 0 radical (unpaired) electrons. The van der Waals surface area contributed by atoms with Crippen molar-refractivity contribution in [1.82, 2.24) is 29.6 Å². The number of nitrogens with one attached hydrogen (secondary N) is 1. The highest BCUT2D eigenvalue weighted by atomic mass is 16.2. The quantitative estimate of drug-likeness (QED) is 0.751. The molecule has 0 saturated carbocycles. The average Bonchev–Trinajstić information content (AvgIpc) is 3.20. The highest BCUT2D eigenvalue weighted by molar-refractivity contribution is 5.78. The van der Waals surface area contributed by atoms with Crippen molar-refractivity contribution >= 4 is 5.91 Å². The van der Waals surface area contributed by atoms with Gasteiger partial charge in [0.2, 0.25) is 5.91 Å². The van der Waals surface area contributed by atoms with Gasteiger partial charge in [-0.25, -0.2) is 4.98 Å². The van der Waals surface area contributed by atoms with E-state index in [0.29, 0.717) is 43.1 Å². The molecule has 3 aromatic rings. The molecule has 0 aliphatic carbocycles. The van der Waals surface area contributed by atoms with Gasteiger partial charge in [-0.2, -0.15) is 5.10 Å². The molecule has 8 nitrogen and oxygen atoms in total. The predicted octanol–water partition coefficient (Wildman–Crippen LogP) is 1.25. The number of carbonyl (C=O) groups excluding carboxylic acids is 1. The molecule has 0 fully saturated rings. The van der Waals surface area contributed by atoms with Crippen LogP contribution in [0.4, 0.5) is 0 Å². The van der Waals surface area contributed by atoms with Crippen LogP contribution in [0.25, 0.3) is 11.4 Å². The van der Waals surface area contributed by atoms with Crippen LogP contribution < -0.4 is 5.56 Å². The summed E-state index contributed by atoms with van der Waals surface area (Å²) >= 11 is 0. The van der Waals surface area contributed by atoms with Crippen LogP contribution >= 0.6 is 0 Å². The molecular formula is C19H20N6O2. The molecule has 1 aliphatic rings. The third-order valence-electron chi connectivity index (χ3n) is 4.76. The Kier molecular flexibility index (Phi) is 4.53. The topological polar surface area (TPSA) is 96.8 Å². The van der Waals surface area contributed by atoms with Crippen molar-refractivity contribution in [2.24, 2.45) is 5.92 Å². The van der Waals surface area contributed by atoms with Crippen molar-refractivity contribution in [1.29, 1.82) is 0 Å². The van der Waals surface area contributed by atoms with Gasteiger partial charge >= 0.3 is 0 Å². The van der Waals surface area contributed by atoms with Crippen molar-refractivity contribution in [2.75, 3.05) is 6.54 Å². The smallest absolute Gasteiger partial charge is 0.254 e. The van der Waals surface area contributed by atoms with Crippen molar-refractivity contribution < 1.29 is 4.79 Å². The Morgan fingerprint density at radius 3 is 2.96 bits per heavy atom. The van der Waals surface area contributed by atoms with Crippen LogP contribution in [0.2, 0.25) is 0 Å². The lowest BCUT2D eigenvalue weighted by molar-refractivity contribution is -0.136. The van der Waals surface area contributed by atoms with Crippen LogP contribution in [0.15, 0.2) is 47.8 Å². The average molecular weight is 364 g/mol. The maximum Gasteiger partial charge on any atom is 0.254 e. The predicted molar refractivity (Wildman–Crippen MR) is 98.6 cm³/mol. The van der Waals surface area contributed by atoms with Crippen LogP contribution in [0.5, 0.6) is 0 Å². The van der Waals surface area contributed by atoms with E-state index in [4.69, 9.17) is 0 Å². The fourth-order valence-corrected chi connectivity index (χ4v) is 3.35. The van der Waals surface area contributed by atoms with Crippen LogP contribution in [-0.2, 0) is 24.3 Å². The SMILES string of the molecule is CC(Cn1cccn1)C(=O)N1CCc2c(nc(-c3cccnc3)[nH]c2=O)C1. The lowest BCUT2D eigenvalue weighted by Gasteiger charge is -2.30. The standard InChI is InChI=1S/C19H20N6O2/c1-13(11-25-8-3-7-21-25)19(27)24-9-5-15-16(12-24)22-17(23-18(15)26)14-4-2-6-20-10-14/h2-4,6-8,10,13H,5,9,11-12H2,1H3,(H,22,23,26). The Morgan fingerprint density at radius 1 is 1.33 bits per heavy atom. The number of hydrogen-bond acceptors (Lipinski definition) is 5. The molecule has 4 heterocycles. The first kappa shape index (κ1) is 17.1. The number of hydrogen-bond donors (Lipinski definition) is 1. The van der Waals surface area contributed by atoms with E-state index in [9.17, 15) is 9.59 Å². The number of aromatic amines is 1. The number of fused-ring (bicyclic) bond motifs is 1. The molecule has 138 valence electrons. The first-order valence-electron chi connectivity index (χ1n) is 8.90. The first-order chi connectivity index (χ1) is 13.1. The van der Waals surface area contributed by atoms with E-state index in [0.717, 1.165) is 5.56 Å². The van der Waals surface area contributed by atoms with E-state index in [1.807, 2.05) is 25.3 Å². The Morgan fingerprint density at radius 2 is 2.22 bits per heavy atom. The number of rotatable bonds is 4. The van der Waals surface area contributed by atoms with Gasteiger partial charge in [-0.3, -0.25) is 19.3 Å². The molecule has 0 bridgehead atoms. The van der Waals surface area contributed by atoms with Gasteiger partial charge in [-0.15, -0.1) is 0 Å². The normalized spacial score (nSPS) is 14.6. The summed E-state index contributed by atoms with van der Waals surface area (Å²) in [6.45, 7) is 3.28. The summed E-state index contributed by atoms with van der Waals surface area (Å²) in [6.07, 6.45) is 7.37. The summed E-state index contributed by atoms with van der Waals surface area (Å²) in [5.41, 5.74) is 1.92. The second-order valence-corrected chi connectivity index (χ2v) is 6.72. The molecule has 0 aromatic carbocycles. The van der Waals surface area contributed by atoms with E-state index in [1.54, 1.807) is 34.2 Å². The minimum absolute atomic E-state index is 0.0427. The fraction of sp³-hybridized carbons (Fsp3) is 0.316. The zero-order valence-corrected chi connectivity index (χ0v) is 15.0. The molecule has 1 amide bonds. The van der Waals surface area contributed by atoms with E-state index < -0.39 is 0 Å². The van der Waals surface area contributed by atoms with Crippen molar-refractivity contribution in [2.45, 2.75) is 26.4 Å². The number of pyridine rings is 1. The molecule has 4 rings (SSSR count). The summed E-state index contributed by atoms with van der Waals surface area (Å²) in [5, 5.41) is 4.16. The summed E-state index contributed by atoms with van der Waals surface area (Å²) in [6, 6.07) is 5.47. The molecule has 0 saturated heterocycles. The van der Waals surface area contributed by atoms with Gasteiger partial charge in [0.15, 0.2) is 0 Å². The number of aromatic nitrogens is 5. The van der Waals surface area contributed by atoms with Crippen molar-refractivity contribution in [3.63, 3.8) is 0 Å². The van der Waals surface area contributed by atoms with Gasteiger partial charge in [-0.1, -0.05) is 6.92 Å². The van der Waals surface area contributed by atoms with Crippen molar-refractivity contribution in [3.05, 3.63) is 64.6 Å². The maximum absolute atomic E-state index is 12.8. The summed E-state index contributed by atoms with van der Waals surface area (Å²) < 4.78 is 1.75. The van der Waals surface area contributed by atoms with Gasteiger partial charge in [0.1, 0.15) is 5.82 Å². The second-order valence-electron chi connectivity index (χ2n) is 6.72. The zero-order valence-electron chi connectivity index (χ0n) is 15.0. The molecule has 1 N–H and O–H groups in total. The third kappa shape index (κ3) is 3.51. The molecule has 27 heavy (non-hydrogen) atoms. The lowest BCUT2D eigenvalue weighted by Crippen LogP contribution is -2.42. The number of amides is 1. The molecule has 1 unspecified atom stereocenters. The number of nitrogens with zero attached hydrogens (tertiary/aromatic N) is 5. The molecule has 3 aromatic heterocycles. The Hall–Kier alpha value is -3.29. The van der Waals surface area contributed by atoms with Crippen molar-refractivity contribution in [3.8, 4) is 11.4 Å². The highest BCUT2D eigenvalue weighted by Gasteiger charge is 2.27. The minimum atomic E-state index is -0.203. The van der Waals surface area contributed by atoms with E-state index >= 15 is 0 Å². The summed E-state index contributed by atoms with van der Waals surface area (Å²) in [5.74, 6) is 0.318. The van der Waals surface area contributed by atoms with Crippen LogP contribution in [0, 0.1) is 5.92 Å². The monoisotopic (exact) mass is 364 g/mol. The maximum atomic E-state index is 12.8. The first-order valence-corrected chi connectivity index (χ1v) is 8.90. The van der Waals surface area contributed by atoms with E-state index in [-0.39, 0.29) is 17.4 Å². The van der Waals surface area contributed by atoms with E-state index in [2.05, 4.69) is 20.1 Å². The summed E-state index contributed by atoms with van der Waals surface area (Å²) in [4.78, 5) is 38.6. The molecule has 0 spiro atoms. The Bertz CT molecular complexity index is 997. The highest BCUT2D eigenvalue weighted by Crippen LogP contribution is 2.19.